The molecular formula is C19H25NO. The number of anilines is 1. The van der Waals surface area contributed by atoms with Crippen LogP contribution in [0, 0.1) is 13.8 Å². The molecule has 112 valence electrons. The van der Waals surface area contributed by atoms with Crippen LogP contribution >= 0.6 is 0 Å². The molecule has 0 aliphatic carbocycles. The topological polar surface area (TPSA) is 21.3 Å². The van der Waals surface area contributed by atoms with Crippen molar-refractivity contribution in [2.45, 2.75) is 46.8 Å². The second-order valence-electron chi connectivity index (χ2n) is 5.87. The minimum atomic E-state index is 0.171. The van der Waals surface area contributed by atoms with Gasteiger partial charge in [-0.25, -0.2) is 0 Å². The number of hydrogen-bond donors (Lipinski definition) is 1. The molecule has 2 nitrogen and oxygen atoms in total. The first-order valence-electron chi connectivity index (χ1n) is 7.56. The molecular weight excluding hydrogens is 258 g/mol. The number of hydrogen-bond acceptors (Lipinski definition) is 2. The maximum atomic E-state index is 5.86. The predicted molar refractivity (Wildman–Crippen MR) is 90.2 cm³/mol. The normalized spacial score (nSPS) is 12.3. The Morgan fingerprint density at radius 2 is 1.62 bits per heavy atom. The van der Waals surface area contributed by atoms with Crippen molar-refractivity contribution >= 4 is 5.69 Å². The van der Waals surface area contributed by atoms with Crippen molar-refractivity contribution in [3.63, 3.8) is 0 Å². The minimum Gasteiger partial charge on any atom is -0.489 e. The maximum absolute atomic E-state index is 5.86. The van der Waals surface area contributed by atoms with Gasteiger partial charge in [-0.1, -0.05) is 30.3 Å². The molecule has 2 rings (SSSR count). The largest absolute Gasteiger partial charge is 0.489 e. The van der Waals surface area contributed by atoms with Crippen molar-refractivity contribution in [2.75, 3.05) is 5.32 Å². The Balaban J connectivity index is 2.19. The van der Waals surface area contributed by atoms with Gasteiger partial charge in [0.25, 0.3) is 0 Å². The van der Waals surface area contributed by atoms with Gasteiger partial charge in [0.05, 0.1) is 11.8 Å². The summed E-state index contributed by atoms with van der Waals surface area (Å²) in [4.78, 5) is 0. The summed E-state index contributed by atoms with van der Waals surface area (Å²) in [6, 6.07) is 15.0. The van der Waals surface area contributed by atoms with Gasteiger partial charge in [-0.15, -0.1) is 0 Å². The third kappa shape index (κ3) is 4.01. The molecule has 0 saturated heterocycles. The molecule has 2 heteroatoms. The first-order valence-corrected chi connectivity index (χ1v) is 7.56. The Morgan fingerprint density at radius 3 is 2.29 bits per heavy atom. The quantitative estimate of drug-likeness (QED) is 0.807. The lowest BCUT2D eigenvalue weighted by molar-refractivity contribution is 0.243. The standard InChI is InChI=1S/C19H25NO/c1-13(2)21-19-9-7-6-8-18(19)20-16(5)17-11-10-14(3)15(4)12-17/h6-13,16,20H,1-5H3. The van der Waals surface area contributed by atoms with Crippen molar-refractivity contribution in [1.82, 2.24) is 0 Å². The molecule has 0 amide bonds. The van der Waals surface area contributed by atoms with Crippen LogP contribution in [-0.2, 0) is 0 Å². The number of nitrogens with one attached hydrogen (secondary N) is 1. The summed E-state index contributed by atoms with van der Waals surface area (Å²) in [5, 5.41) is 3.55. The summed E-state index contributed by atoms with van der Waals surface area (Å²) in [6.07, 6.45) is 0.171. The van der Waals surface area contributed by atoms with E-state index in [1.165, 1.54) is 16.7 Å². The van der Waals surface area contributed by atoms with Gasteiger partial charge in [0.15, 0.2) is 0 Å². The minimum absolute atomic E-state index is 0.171. The molecule has 0 heterocycles. The van der Waals surface area contributed by atoms with E-state index in [9.17, 15) is 0 Å². The zero-order chi connectivity index (χ0) is 15.4. The van der Waals surface area contributed by atoms with Crippen LogP contribution in [0.4, 0.5) is 5.69 Å². The molecule has 1 atom stereocenters. The van der Waals surface area contributed by atoms with E-state index in [0.29, 0.717) is 0 Å². The van der Waals surface area contributed by atoms with E-state index in [-0.39, 0.29) is 12.1 Å². The van der Waals surface area contributed by atoms with Crippen LogP contribution in [0.1, 0.15) is 43.5 Å². The SMILES string of the molecule is Cc1ccc(C(C)Nc2ccccc2OC(C)C)cc1C. The fourth-order valence-electron chi connectivity index (χ4n) is 2.29. The number of benzene rings is 2. The second-order valence-corrected chi connectivity index (χ2v) is 5.87. The number of ether oxygens (including phenoxy) is 1. The molecule has 0 fully saturated rings. The summed E-state index contributed by atoms with van der Waals surface area (Å²) in [5.41, 5.74) is 4.98. The Labute approximate surface area is 128 Å². The Bertz CT molecular complexity index is 604. The molecule has 0 radical (unpaired) electrons. The maximum Gasteiger partial charge on any atom is 0.142 e. The van der Waals surface area contributed by atoms with Gasteiger partial charge in [0.1, 0.15) is 5.75 Å². The molecule has 2 aromatic rings. The van der Waals surface area contributed by atoms with E-state index in [2.05, 4.69) is 50.4 Å². The second kappa shape index (κ2) is 6.66. The third-order valence-electron chi connectivity index (χ3n) is 3.65. The van der Waals surface area contributed by atoms with Crippen LogP contribution in [0.5, 0.6) is 5.75 Å². The third-order valence-corrected chi connectivity index (χ3v) is 3.65. The van der Waals surface area contributed by atoms with E-state index in [1.807, 2.05) is 32.0 Å². The number of rotatable bonds is 5. The molecule has 0 saturated carbocycles. The summed E-state index contributed by atoms with van der Waals surface area (Å²) in [6.45, 7) is 10.6. The summed E-state index contributed by atoms with van der Waals surface area (Å²) < 4.78 is 5.86. The Hall–Kier alpha value is -1.96. The van der Waals surface area contributed by atoms with Crippen molar-refractivity contribution < 1.29 is 4.74 Å². The van der Waals surface area contributed by atoms with E-state index in [1.54, 1.807) is 0 Å². The van der Waals surface area contributed by atoms with E-state index < -0.39 is 0 Å². The molecule has 0 spiro atoms. The lowest BCUT2D eigenvalue weighted by atomic mass is 10.0. The fourth-order valence-corrected chi connectivity index (χ4v) is 2.29. The molecule has 0 aliphatic rings. The van der Waals surface area contributed by atoms with Crippen LogP contribution in [0.25, 0.3) is 0 Å². The van der Waals surface area contributed by atoms with Crippen LogP contribution in [0.2, 0.25) is 0 Å². The average molecular weight is 283 g/mol. The van der Waals surface area contributed by atoms with Gasteiger partial charge in [0.2, 0.25) is 0 Å². The summed E-state index contributed by atoms with van der Waals surface area (Å²) in [5.74, 6) is 0.906. The van der Waals surface area contributed by atoms with Crippen LogP contribution in [0.15, 0.2) is 42.5 Å². The molecule has 1 N–H and O–H groups in total. The van der Waals surface area contributed by atoms with Gasteiger partial charge in [0, 0.05) is 6.04 Å². The average Bonchev–Trinajstić information content (AvgIpc) is 2.43. The highest BCUT2D eigenvalue weighted by Gasteiger charge is 2.10. The summed E-state index contributed by atoms with van der Waals surface area (Å²) in [7, 11) is 0. The highest BCUT2D eigenvalue weighted by molar-refractivity contribution is 5.57. The molecule has 0 bridgehead atoms. The van der Waals surface area contributed by atoms with Crippen molar-refractivity contribution in [3.05, 3.63) is 59.2 Å². The number of aryl methyl sites for hydroxylation is 2. The van der Waals surface area contributed by atoms with Gasteiger partial charge < -0.3 is 10.1 Å². The van der Waals surface area contributed by atoms with Crippen molar-refractivity contribution in [2.24, 2.45) is 0 Å². The van der Waals surface area contributed by atoms with Gasteiger partial charge in [-0.05, 0) is 63.4 Å². The van der Waals surface area contributed by atoms with Crippen LogP contribution < -0.4 is 10.1 Å². The fraction of sp³-hybridized carbons (Fsp3) is 0.368. The van der Waals surface area contributed by atoms with E-state index in [4.69, 9.17) is 4.74 Å². The molecule has 1 unspecified atom stereocenters. The van der Waals surface area contributed by atoms with Crippen LogP contribution in [0.3, 0.4) is 0 Å². The Kier molecular flexibility index (Phi) is 4.89. The smallest absolute Gasteiger partial charge is 0.142 e. The predicted octanol–water partition coefficient (Wildman–Crippen LogP) is 5.26. The Morgan fingerprint density at radius 1 is 0.905 bits per heavy atom. The van der Waals surface area contributed by atoms with Crippen molar-refractivity contribution in [1.29, 1.82) is 0 Å². The van der Waals surface area contributed by atoms with Gasteiger partial charge in [-0.2, -0.15) is 0 Å². The summed E-state index contributed by atoms with van der Waals surface area (Å²) >= 11 is 0. The molecule has 0 aromatic heterocycles. The lowest BCUT2D eigenvalue weighted by Gasteiger charge is -2.20. The molecule has 21 heavy (non-hydrogen) atoms. The lowest BCUT2D eigenvalue weighted by Crippen LogP contribution is -2.11. The van der Waals surface area contributed by atoms with Crippen molar-refractivity contribution in [3.8, 4) is 5.75 Å². The highest BCUT2D eigenvalue weighted by atomic mass is 16.5. The van der Waals surface area contributed by atoms with Gasteiger partial charge >= 0.3 is 0 Å². The van der Waals surface area contributed by atoms with E-state index >= 15 is 0 Å². The monoisotopic (exact) mass is 283 g/mol. The molecule has 0 aliphatic heterocycles. The van der Waals surface area contributed by atoms with Crippen LogP contribution in [-0.4, -0.2) is 6.10 Å². The van der Waals surface area contributed by atoms with Gasteiger partial charge in [-0.3, -0.25) is 0 Å². The van der Waals surface area contributed by atoms with E-state index in [0.717, 1.165) is 11.4 Å². The molecule has 2 aromatic carbocycles. The zero-order valence-electron chi connectivity index (χ0n) is 13.6. The first kappa shape index (κ1) is 15.4. The number of para-hydroxylation sites is 2. The zero-order valence-corrected chi connectivity index (χ0v) is 13.6. The first-order chi connectivity index (χ1) is 9.97. The highest BCUT2D eigenvalue weighted by Crippen LogP contribution is 2.29.